The van der Waals surface area contributed by atoms with Crippen LogP contribution in [0.3, 0.4) is 0 Å². The van der Waals surface area contributed by atoms with Gasteiger partial charge in [0.15, 0.2) is 0 Å². The molecule has 1 aliphatic heterocycles. The quantitative estimate of drug-likeness (QED) is 0.659. The lowest BCUT2D eigenvalue weighted by Gasteiger charge is -2.23. The molecular weight excluding hydrogens is 160 g/mol. The second-order valence-corrected chi connectivity index (χ2v) is 3.45. The van der Waals surface area contributed by atoms with Crippen molar-refractivity contribution >= 4 is 0 Å². The van der Waals surface area contributed by atoms with Crippen molar-refractivity contribution in [1.82, 2.24) is 9.88 Å². The number of hydrogen-bond donors (Lipinski definition) is 0. The summed E-state index contributed by atoms with van der Waals surface area (Å²) in [6.45, 7) is -0.580. The number of nitrogens with zero attached hydrogens (tertiary/aromatic N) is 2. The van der Waals surface area contributed by atoms with Gasteiger partial charge >= 0.3 is 0 Å². The number of pyridine rings is 1. The van der Waals surface area contributed by atoms with Crippen LogP contribution in [0.15, 0.2) is 24.5 Å². The van der Waals surface area contributed by atoms with Gasteiger partial charge in [-0.25, -0.2) is 0 Å². The maximum atomic E-state index is 8.12. The van der Waals surface area contributed by atoms with Gasteiger partial charge in [-0.15, -0.1) is 0 Å². The first kappa shape index (κ1) is 5.11. The molecule has 1 fully saturated rings. The molecular formula is C11H16N2. The van der Waals surface area contributed by atoms with E-state index in [1.807, 2.05) is 6.07 Å². The van der Waals surface area contributed by atoms with Crippen LogP contribution in [0.1, 0.15) is 36.9 Å². The predicted molar refractivity (Wildman–Crippen MR) is 53.4 cm³/mol. The largest absolute Gasteiger partial charge is 0.297 e. The van der Waals surface area contributed by atoms with Crippen molar-refractivity contribution in [2.45, 2.75) is 31.8 Å². The summed E-state index contributed by atoms with van der Waals surface area (Å²) in [5, 5.41) is 0. The van der Waals surface area contributed by atoms with Gasteiger partial charge in [0.05, 0.1) is 0 Å². The van der Waals surface area contributed by atoms with Gasteiger partial charge in [0, 0.05) is 29.9 Å². The minimum absolute atomic E-state index is 0.237. The maximum absolute atomic E-state index is 8.12. The summed E-state index contributed by atoms with van der Waals surface area (Å²) >= 11 is 0. The molecule has 2 rings (SSSR count). The molecule has 0 saturated carbocycles. The fourth-order valence-corrected chi connectivity index (χ4v) is 1.75. The molecule has 2 heterocycles. The van der Waals surface area contributed by atoms with Gasteiger partial charge in [0.2, 0.25) is 0 Å². The molecule has 0 bridgehead atoms. The summed E-state index contributed by atoms with van der Waals surface area (Å²) in [4.78, 5) is 5.34. The van der Waals surface area contributed by atoms with E-state index in [1.165, 1.54) is 4.90 Å². The zero-order valence-electron chi connectivity index (χ0n) is 11.7. The molecule has 1 aromatic heterocycles. The van der Waals surface area contributed by atoms with Crippen LogP contribution < -0.4 is 0 Å². The van der Waals surface area contributed by atoms with Gasteiger partial charge in [-0.1, -0.05) is 6.07 Å². The Bertz CT molecular complexity index is 388. The highest BCUT2D eigenvalue weighted by Crippen LogP contribution is 2.33. The third-order valence-electron chi connectivity index (χ3n) is 2.57. The molecule has 2 heteroatoms. The number of aromatic nitrogens is 1. The van der Waals surface area contributed by atoms with Crippen molar-refractivity contribution in [2.24, 2.45) is 0 Å². The number of rotatable bonds is 1. The van der Waals surface area contributed by atoms with Gasteiger partial charge in [-0.2, -0.15) is 0 Å². The summed E-state index contributed by atoms with van der Waals surface area (Å²) in [6.07, 6.45) is 4.60. The minimum atomic E-state index is -2.24. The van der Waals surface area contributed by atoms with Crippen LogP contribution in [0.4, 0.5) is 0 Å². The van der Waals surface area contributed by atoms with Crippen molar-refractivity contribution in [1.29, 1.82) is 0 Å². The summed E-state index contributed by atoms with van der Waals surface area (Å²) in [5.41, 5.74) is 0.875. The van der Waals surface area contributed by atoms with Gasteiger partial charge in [0.1, 0.15) is 0 Å². The average Bonchev–Trinajstić information content (AvgIpc) is 2.55. The Hall–Kier alpha value is -0.890. The Morgan fingerprint density at radius 2 is 2.62 bits per heavy atom. The molecule has 0 aromatic carbocycles. The maximum Gasteiger partial charge on any atom is 0.0464 e. The SMILES string of the molecule is [2H]C([2H])([2H])N1[C@H](c2cccnc2)CCC1([2H])C. The summed E-state index contributed by atoms with van der Waals surface area (Å²) in [5.74, 6) is 0. The van der Waals surface area contributed by atoms with Crippen molar-refractivity contribution in [2.75, 3.05) is 6.98 Å². The minimum Gasteiger partial charge on any atom is -0.297 e. The van der Waals surface area contributed by atoms with Crippen LogP contribution in [0.25, 0.3) is 0 Å². The number of likely N-dealkylation sites (tertiary alicyclic amines) is 1. The Labute approximate surface area is 85.2 Å². The van der Waals surface area contributed by atoms with Gasteiger partial charge in [0.25, 0.3) is 0 Å². The van der Waals surface area contributed by atoms with E-state index in [-0.39, 0.29) is 6.04 Å². The predicted octanol–water partition coefficient (Wildman–Crippen LogP) is 2.24. The van der Waals surface area contributed by atoms with Crippen LogP contribution in [-0.2, 0) is 0 Å². The Morgan fingerprint density at radius 3 is 3.31 bits per heavy atom. The van der Waals surface area contributed by atoms with Crippen LogP contribution in [0, 0.1) is 0 Å². The fraction of sp³-hybridized carbons (Fsp3) is 0.545. The average molecular weight is 180 g/mol. The second-order valence-electron chi connectivity index (χ2n) is 3.45. The third-order valence-corrected chi connectivity index (χ3v) is 2.57. The Morgan fingerprint density at radius 1 is 1.69 bits per heavy atom. The molecule has 0 amide bonds. The van der Waals surface area contributed by atoms with Crippen molar-refractivity contribution in [3.05, 3.63) is 30.1 Å². The zero-order chi connectivity index (χ0) is 12.7. The lowest BCUT2D eigenvalue weighted by molar-refractivity contribution is 0.256. The lowest BCUT2D eigenvalue weighted by atomic mass is 10.1. The highest BCUT2D eigenvalue weighted by Gasteiger charge is 2.28. The van der Waals surface area contributed by atoms with E-state index in [0.29, 0.717) is 12.8 Å². The first-order chi connectivity index (χ1) is 7.82. The fourth-order valence-electron chi connectivity index (χ4n) is 1.75. The third kappa shape index (κ3) is 1.59. The summed E-state index contributed by atoms with van der Waals surface area (Å²) in [6, 6.07) is 2.40. The first-order valence-electron chi connectivity index (χ1n) is 6.52. The molecule has 0 aliphatic carbocycles. The highest BCUT2D eigenvalue weighted by molar-refractivity contribution is 5.15. The molecule has 0 radical (unpaired) electrons. The van der Waals surface area contributed by atoms with Gasteiger partial charge < -0.3 is 0 Å². The molecule has 13 heavy (non-hydrogen) atoms. The monoisotopic (exact) mass is 180 g/mol. The topological polar surface area (TPSA) is 16.1 Å². The zero-order valence-corrected chi connectivity index (χ0v) is 7.70. The molecule has 2 nitrogen and oxygen atoms in total. The highest BCUT2D eigenvalue weighted by atomic mass is 15.2. The van der Waals surface area contributed by atoms with Gasteiger partial charge in [-0.3, -0.25) is 9.88 Å². The smallest absolute Gasteiger partial charge is 0.0464 e. The van der Waals surface area contributed by atoms with Crippen molar-refractivity contribution < 1.29 is 5.48 Å². The van der Waals surface area contributed by atoms with E-state index >= 15 is 0 Å². The van der Waals surface area contributed by atoms with E-state index in [2.05, 4.69) is 4.98 Å². The van der Waals surface area contributed by atoms with E-state index in [0.717, 1.165) is 5.56 Å². The molecule has 1 unspecified atom stereocenters. The normalized spacial score (nSPS) is 40.5. The van der Waals surface area contributed by atoms with E-state index < -0.39 is 13.0 Å². The summed E-state index contributed by atoms with van der Waals surface area (Å²) < 4.78 is 30.9. The molecule has 1 aromatic rings. The van der Waals surface area contributed by atoms with E-state index in [4.69, 9.17) is 5.48 Å². The molecule has 1 aliphatic rings. The summed E-state index contributed by atoms with van der Waals surface area (Å²) in [7, 11) is 0. The molecule has 1 saturated heterocycles. The van der Waals surface area contributed by atoms with E-state index in [9.17, 15) is 0 Å². The second kappa shape index (κ2) is 3.46. The van der Waals surface area contributed by atoms with Crippen LogP contribution >= 0.6 is 0 Å². The molecule has 2 atom stereocenters. The standard InChI is InChI=1S/C11H16N2/c1-9-5-6-11(13(9)2)10-4-3-7-12-8-10/h3-4,7-9,11H,5-6H2,1-2H3/t9?,11-/m0/s1/i2D3,9D. The molecule has 70 valence electrons. The first-order valence-corrected chi connectivity index (χ1v) is 4.52. The van der Waals surface area contributed by atoms with Crippen LogP contribution in [0.5, 0.6) is 0 Å². The lowest BCUT2D eigenvalue weighted by Crippen LogP contribution is -2.24. The Kier molecular flexibility index (Phi) is 1.36. The van der Waals surface area contributed by atoms with Gasteiger partial charge in [-0.05, 0) is 38.4 Å². The van der Waals surface area contributed by atoms with Crippen molar-refractivity contribution in [3.63, 3.8) is 0 Å². The van der Waals surface area contributed by atoms with E-state index in [1.54, 1.807) is 25.4 Å². The molecule has 0 spiro atoms. The number of hydrogen-bond acceptors (Lipinski definition) is 2. The Balaban J connectivity index is 2.36. The van der Waals surface area contributed by atoms with Crippen LogP contribution in [-0.4, -0.2) is 22.9 Å². The van der Waals surface area contributed by atoms with Crippen LogP contribution in [0.2, 0.25) is 0 Å². The van der Waals surface area contributed by atoms with Crippen molar-refractivity contribution in [3.8, 4) is 0 Å². The molecule has 0 N–H and O–H groups in total.